The molecule has 2 rings (SSSR count). The summed E-state index contributed by atoms with van der Waals surface area (Å²) in [5.41, 5.74) is 0.817. The van der Waals surface area contributed by atoms with Gasteiger partial charge in [0.2, 0.25) is 10.0 Å². The Hall–Kier alpha value is -1.18. The maximum absolute atomic E-state index is 11.0. The van der Waals surface area contributed by atoms with Gasteiger partial charge in [-0.25, -0.2) is 18.1 Å². The number of hydrogen-bond donors (Lipinski definition) is 1. The van der Waals surface area contributed by atoms with Gasteiger partial charge in [-0.05, 0) is 19.1 Å². The first-order valence-electron chi connectivity index (χ1n) is 4.90. The highest BCUT2D eigenvalue weighted by molar-refractivity contribution is 7.88. The molecule has 0 saturated carbocycles. The van der Waals surface area contributed by atoms with Gasteiger partial charge >= 0.3 is 0 Å². The van der Waals surface area contributed by atoms with Crippen molar-refractivity contribution in [2.45, 2.75) is 13.5 Å². The van der Waals surface area contributed by atoms with Crippen LogP contribution in [0.4, 0.5) is 0 Å². The summed E-state index contributed by atoms with van der Waals surface area (Å²) >= 11 is 1.43. The first-order chi connectivity index (χ1) is 7.96. The molecule has 92 valence electrons. The van der Waals surface area contributed by atoms with Crippen molar-refractivity contribution in [2.24, 2.45) is 0 Å². The lowest BCUT2D eigenvalue weighted by atomic mass is 10.4. The minimum atomic E-state index is -3.18. The van der Waals surface area contributed by atoms with Crippen LogP contribution < -0.4 is 4.72 Å². The minimum Gasteiger partial charge on any atom is -0.462 e. The van der Waals surface area contributed by atoms with Gasteiger partial charge in [-0.2, -0.15) is 0 Å². The van der Waals surface area contributed by atoms with Crippen molar-refractivity contribution in [3.05, 3.63) is 29.0 Å². The summed E-state index contributed by atoms with van der Waals surface area (Å²) in [6, 6.07) is 3.62. The summed E-state index contributed by atoms with van der Waals surface area (Å²) in [7, 11) is -3.18. The Morgan fingerprint density at radius 3 is 2.88 bits per heavy atom. The number of nitrogens with zero attached hydrogens (tertiary/aromatic N) is 1. The summed E-state index contributed by atoms with van der Waals surface area (Å²) in [6.07, 6.45) is 2.72. The van der Waals surface area contributed by atoms with Gasteiger partial charge in [0.05, 0.1) is 18.2 Å². The number of rotatable bonds is 4. The second-order valence-electron chi connectivity index (χ2n) is 3.60. The van der Waals surface area contributed by atoms with Crippen molar-refractivity contribution in [3.63, 3.8) is 0 Å². The molecule has 0 amide bonds. The normalized spacial score (nSPS) is 11.9. The van der Waals surface area contributed by atoms with Gasteiger partial charge in [-0.15, -0.1) is 11.3 Å². The molecule has 1 N–H and O–H groups in total. The molecule has 7 heteroatoms. The van der Waals surface area contributed by atoms with Crippen LogP contribution in [0.3, 0.4) is 0 Å². The Morgan fingerprint density at radius 1 is 1.53 bits per heavy atom. The lowest BCUT2D eigenvalue weighted by Gasteiger charge is -1.99. The molecular weight excluding hydrogens is 260 g/mol. The predicted molar refractivity (Wildman–Crippen MR) is 66.2 cm³/mol. The monoisotopic (exact) mass is 272 g/mol. The molecule has 2 aromatic heterocycles. The van der Waals surface area contributed by atoms with Crippen molar-refractivity contribution in [3.8, 4) is 10.8 Å². The van der Waals surface area contributed by atoms with E-state index < -0.39 is 10.0 Å². The van der Waals surface area contributed by atoms with E-state index in [1.54, 1.807) is 12.3 Å². The highest BCUT2D eigenvalue weighted by Crippen LogP contribution is 2.28. The molecule has 0 radical (unpaired) electrons. The van der Waals surface area contributed by atoms with Gasteiger partial charge < -0.3 is 4.42 Å². The number of hydrogen-bond acceptors (Lipinski definition) is 5. The molecule has 5 nitrogen and oxygen atoms in total. The summed E-state index contributed by atoms with van der Waals surface area (Å²) in [6.45, 7) is 2.12. The topological polar surface area (TPSA) is 72.2 Å². The standard InChI is InChI=1S/C10H12N2O3S2/c1-7-9(6-11-17(2,13)14)16-10(12-7)8-4-3-5-15-8/h3-5,11H,6H2,1-2H3. The molecule has 0 spiro atoms. The highest BCUT2D eigenvalue weighted by atomic mass is 32.2. The van der Waals surface area contributed by atoms with Crippen LogP contribution in [0.1, 0.15) is 10.6 Å². The molecule has 2 aromatic rings. The van der Waals surface area contributed by atoms with Crippen LogP contribution in [0.5, 0.6) is 0 Å². The van der Waals surface area contributed by atoms with Crippen LogP contribution in [0, 0.1) is 6.92 Å². The van der Waals surface area contributed by atoms with Gasteiger partial charge in [-0.1, -0.05) is 0 Å². The summed E-state index contributed by atoms with van der Waals surface area (Å²) in [5, 5.41) is 0.762. The van der Waals surface area contributed by atoms with Crippen molar-refractivity contribution < 1.29 is 12.8 Å². The number of sulfonamides is 1. The molecule has 0 bridgehead atoms. The molecule has 0 aliphatic heterocycles. The summed E-state index contributed by atoms with van der Waals surface area (Å²) < 4.78 is 29.7. The molecule has 0 aliphatic rings. The van der Waals surface area contributed by atoms with Gasteiger partial charge in [0.15, 0.2) is 10.8 Å². The number of aryl methyl sites for hydroxylation is 1. The maximum atomic E-state index is 11.0. The molecule has 0 saturated heterocycles. The van der Waals surface area contributed by atoms with E-state index in [9.17, 15) is 8.42 Å². The smallest absolute Gasteiger partial charge is 0.209 e. The lowest BCUT2D eigenvalue weighted by Crippen LogP contribution is -2.20. The lowest BCUT2D eigenvalue weighted by molar-refractivity contribution is 0.581. The molecule has 0 aliphatic carbocycles. The fourth-order valence-electron chi connectivity index (χ4n) is 1.29. The fraction of sp³-hybridized carbons (Fsp3) is 0.300. The van der Waals surface area contributed by atoms with Crippen LogP contribution in [0.15, 0.2) is 22.8 Å². The summed E-state index contributed by atoms with van der Waals surface area (Å²) in [5.74, 6) is 0.698. The van der Waals surface area contributed by atoms with E-state index in [0.29, 0.717) is 5.76 Å². The second kappa shape index (κ2) is 4.59. The molecular formula is C10H12N2O3S2. The zero-order valence-corrected chi connectivity index (χ0v) is 11.1. The first-order valence-corrected chi connectivity index (χ1v) is 7.61. The number of nitrogens with one attached hydrogen (secondary N) is 1. The van der Waals surface area contributed by atoms with E-state index in [-0.39, 0.29) is 6.54 Å². The maximum Gasteiger partial charge on any atom is 0.209 e. The van der Waals surface area contributed by atoms with Crippen molar-refractivity contribution in [2.75, 3.05) is 6.26 Å². The number of aromatic nitrogens is 1. The number of furan rings is 1. The fourth-order valence-corrected chi connectivity index (χ4v) is 2.76. The van der Waals surface area contributed by atoms with E-state index in [2.05, 4.69) is 9.71 Å². The van der Waals surface area contributed by atoms with Crippen LogP contribution in [0.25, 0.3) is 10.8 Å². The van der Waals surface area contributed by atoms with E-state index in [1.807, 2.05) is 13.0 Å². The minimum absolute atomic E-state index is 0.267. The SMILES string of the molecule is Cc1nc(-c2ccco2)sc1CNS(C)(=O)=O. The average Bonchev–Trinajstić information content (AvgIpc) is 2.82. The predicted octanol–water partition coefficient (Wildman–Crippen LogP) is 1.76. The van der Waals surface area contributed by atoms with Gasteiger partial charge in [0, 0.05) is 11.4 Å². The van der Waals surface area contributed by atoms with Gasteiger partial charge in [0.25, 0.3) is 0 Å². The van der Waals surface area contributed by atoms with Gasteiger partial charge in [-0.3, -0.25) is 0 Å². The zero-order chi connectivity index (χ0) is 12.5. The van der Waals surface area contributed by atoms with Crippen LogP contribution in [-0.4, -0.2) is 19.7 Å². The molecule has 0 unspecified atom stereocenters. The van der Waals surface area contributed by atoms with Crippen molar-refractivity contribution >= 4 is 21.4 Å². The third-order valence-corrected chi connectivity index (χ3v) is 3.96. The second-order valence-corrected chi connectivity index (χ2v) is 6.51. The number of thiazole rings is 1. The van der Waals surface area contributed by atoms with Crippen LogP contribution >= 0.6 is 11.3 Å². The van der Waals surface area contributed by atoms with Crippen molar-refractivity contribution in [1.82, 2.24) is 9.71 Å². The Bertz CT molecular complexity index is 600. The average molecular weight is 272 g/mol. The quantitative estimate of drug-likeness (QED) is 0.920. The Labute approximate surface area is 104 Å². The molecule has 0 aromatic carbocycles. The molecule has 2 heterocycles. The van der Waals surface area contributed by atoms with E-state index in [1.165, 1.54) is 11.3 Å². The Balaban J connectivity index is 2.20. The molecule has 17 heavy (non-hydrogen) atoms. The van der Waals surface area contributed by atoms with E-state index in [4.69, 9.17) is 4.42 Å². The van der Waals surface area contributed by atoms with Crippen LogP contribution in [-0.2, 0) is 16.6 Å². The Morgan fingerprint density at radius 2 is 2.29 bits per heavy atom. The third kappa shape index (κ3) is 3.15. The van der Waals surface area contributed by atoms with Crippen molar-refractivity contribution in [1.29, 1.82) is 0 Å². The zero-order valence-electron chi connectivity index (χ0n) is 9.43. The molecule has 0 fully saturated rings. The van der Waals surface area contributed by atoms with E-state index >= 15 is 0 Å². The molecule has 0 atom stereocenters. The van der Waals surface area contributed by atoms with Gasteiger partial charge in [0.1, 0.15) is 0 Å². The Kier molecular flexibility index (Phi) is 3.32. The largest absolute Gasteiger partial charge is 0.462 e. The highest BCUT2D eigenvalue weighted by Gasteiger charge is 2.12. The third-order valence-electron chi connectivity index (χ3n) is 2.12. The first kappa shape index (κ1) is 12.3. The van der Waals surface area contributed by atoms with E-state index in [0.717, 1.165) is 21.8 Å². The summed E-state index contributed by atoms with van der Waals surface area (Å²) in [4.78, 5) is 5.23. The van der Waals surface area contributed by atoms with Crippen LogP contribution in [0.2, 0.25) is 0 Å².